The Balaban J connectivity index is 1.83. The summed E-state index contributed by atoms with van der Waals surface area (Å²) in [6.45, 7) is 5.04. The van der Waals surface area contributed by atoms with Gasteiger partial charge in [0.15, 0.2) is 0 Å². The Labute approximate surface area is 112 Å². The summed E-state index contributed by atoms with van der Waals surface area (Å²) in [5.74, 6) is 2.23. The largest absolute Gasteiger partial charge is 0.316 e. The number of nitrogens with one attached hydrogen (secondary N) is 1. The van der Waals surface area contributed by atoms with Gasteiger partial charge in [-0.1, -0.05) is 12.8 Å². The van der Waals surface area contributed by atoms with Gasteiger partial charge in [-0.2, -0.15) is 11.8 Å². The van der Waals surface area contributed by atoms with Crippen LogP contribution in [-0.4, -0.2) is 50.1 Å². The first-order chi connectivity index (χ1) is 8.33. The summed E-state index contributed by atoms with van der Waals surface area (Å²) >= 11 is 1.97. The van der Waals surface area contributed by atoms with Gasteiger partial charge in [0.1, 0.15) is 0 Å². The third kappa shape index (κ3) is 8.06. The Bertz CT molecular complexity index is 176. The zero-order chi connectivity index (χ0) is 12.3. The zero-order valence-electron chi connectivity index (χ0n) is 11.7. The average molecular weight is 258 g/mol. The summed E-state index contributed by atoms with van der Waals surface area (Å²) in [5.41, 5.74) is 0. The SMILES string of the molecule is CSCCCCCCNCC1CCCN(C)C1. The molecule has 1 saturated heterocycles. The molecule has 0 spiro atoms. The van der Waals surface area contributed by atoms with Gasteiger partial charge in [0, 0.05) is 6.54 Å². The predicted molar refractivity (Wildman–Crippen MR) is 79.9 cm³/mol. The van der Waals surface area contributed by atoms with Gasteiger partial charge >= 0.3 is 0 Å². The van der Waals surface area contributed by atoms with Crippen LogP contribution >= 0.6 is 11.8 Å². The smallest absolute Gasteiger partial charge is 0.00187 e. The molecular formula is C14H30N2S. The van der Waals surface area contributed by atoms with E-state index >= 15 is 0 Å². The summed E-state index contributed by atoms with van der Waals surface area (Å²) in [6.07, 6.45) is 10.6. The standard InChI is InChI=1S/C14H30N2S/c1-16-10-7-8-14(13-16)12-15-9-5-3-4-6-11-17-2/h14-15H,3-13H2,1-2H3. The van der Waals surface area contributed by atoms with Crippen molar-refractivity contribution in [3.05, 3.63) is 0 Å². The Morgan fingerprint density at radius 1 is 1.24 bits per heavy atom. The number of nitrogens with zero attached hydrogens (tertiary/aromatic N) is 1. The van der Waals surface area contributed by atoms with Crippen LogP contribution in [-0.2, 0) is 0 Å². The monoisotopic (exact) mass is 258 g/mol. The summed E-state index contributed by atoms with van der Waals surface area (Å²) in [5, 5.41) is 3.63. The maximum Gasteiger partial charge on any atom is 0.00187 e. The maximum atomic E-state index is 3.63. The van der Waals surface area contributed by atoms with Crippen LogP contribution in [0.2, 0.25) is 0 Å². The van der Waals surface area contributed by atoms with Gasteiger partial charge in [-0.05, 0) is 70.3 Å². The maximum absolute atomic E-state index is 3.63. The molecule has 1 rings (SSSR count). The highest BCUT2D eigenvalue weighted by Gasteiger charge is 2.15. The number of unbranched alkanes of at least 4 members (excludes halogenated alkanes) is 3. The molecule has 0 aromatic carbocycles. The van der Waals surface area contributed by atoms with Crippen LogP contribution in [0.1, 0.15) is 38.5 Å². The van der Waals surface area contributed by atoms with Gasteiger partial charge in [-0.3, -0.25) is 0 Å². The molecule has 17 heavy (non-hydrogen) atoms. The molecule has 0 bridgehead atoms. The Kier molecular flexibility index (Phi) is 9.21. The van der Waals surface area contributed by atoms with Crippen molar-refractivity contribution < 1.29 is 0 Å². The van der Waals surface area contributed by atoms with Gasteiger partial charge in [-0.25, -0.2) is 0 Å². The van der Waals surface area contributed by atoms with E-state index < -0.39 is 0 Å². The van der Waals surface area contributed by atoms with E-state index in [2.05, 4.69) is 23.5 Å². The topological polar surface area (TPSA) is 15.3 Å². The lowest BCUT2D eigenvalue weighted by Crippen LogP contribution is -2.37. The first-order valence-corrected chi connectivity index (χ1v) is 8.60. The lowest BCUT2D eigenvalue weighted by atomic mass is 9.98. The molecule has 0 amide bonds. The molecule has 1 N–H and O–H groups in total. The Hall–Kier alpha value is 0.270. The van der Waals surface area contributed by atoms with Gasteiger partial charge in [0.2, 0.25) is 0 Å². The van der Waals surface area contributed by atoms with Crippen molar-refractivity contribution in [3.8, 4) is 0 Å². The molecule has 1 aliphatic rings. The number of rotatable bonds is 9. The Morgan fingerprint density at radius 2 is 2.06 bits per heavy atom. The van der Waals surface area contributed by atoms with Crippen molar-refractivity contribution >= 4 is 11.8 Å². The van der Waals surface area contributed by atoms with Crippen LogP contribution in [0.15, 0.2) is 0 Å². The summed E-state index contributed by atoms with van der Waals surface area (Å²) in [7, 11) is 2.25. The molecule has 1 aliphatic heterocycles. The molecule has 3 heteroatoms. The molecule has 0 saturated carbocycles. The van der Waals surface area contributed by atoms with Gasteiger partial charge in [0.25, 0.3) is 0 Å². The average Bonchev–Trinajstić information content (AvgIpc) is 2.33. The minimum Gasteiger partial charge on any atom is -0.316 e. The second-order valence-electron chi connectivity index (χ2n) is 5.38. The fraction of sp³-hybridized carbons (Fsp3) is 1.00. The van der Waals surface area contributed by atoms with Crippen LogP contribution in [0.4, 0.5) is 0 Å². The fourth-order valence-corrected chi connectivity index (χ4v) is 3.09. The van der Waals surface area contributed by atoms with Crippen LogP contribution in [0.25, 0.3) is 0 Å². The number of piperidine rings is 1. The lowest BCUT2D eigenvalue weighted by molar-refractivity contribution is 0.206. The van der Waals surface area contributed by atoms with Crippen molar-refractivity contribution in [2.24, 2.45) is 5.92 Å². The molecule has 1 atom stereocenters. The quantitative estimate of drug-likeness (QED) is 0.640. The highest BCUT2D eigenvalue weighted by Crippen LogP contribution is 2.13. The molecule has 1 fully saturated rings. The molecule has 102 valence electrons. The van der Waals surface area contributed by atoms with Crippen molar-refractivity contribution in [2.45, 2.75) is 38.5 Å². The predicted octanol–water partition coefficient (Wildman–Crippen LogP) is 2.84. The first kappa shape index (κ1) is 15.3. The van der Waals surface area contributed by atoms with Gasteiger partial charge in [0.05, 0.1) is 0 Å². The van der Waals surface area contributed by atoms with Crippen molar-refractivity contribution in [1.29, 1.82) is 0 Å². The minimum atomic E-state index is 0.894. The highest BCUT2D eigenvalue weighted by molar-refractivity contribution is 7.98. The van der Waals surface area contributed by atoms with Gasteiger partial charge < -0.3 is 10.2 Å². The summed E-state index contributed by atoms with van der Waals surface area (Å²) in [4.78, 5) is 2.47. The van der Waals surface area contributed by atoms with Crippen molar-refractivity contribution in [1.82, 2.24) is 10.2 Å². The van der Waals surface area contributed by atoms with Crippen LogP contribution < -0.4 is 5.32 Å². The summed E-state index contributed by atoms with van der Waals surface area (Å²) < 4.78 is 0. The number of hydrogen-bond acceptors (Lipinski definition) is 3. The molecular weight excluding hydrogens is 228 g/mol. The minimum absolute atomic E-state index is 0.894. The molecule has 2 nitrogen and oxygen atoms in total. The number of hydrogen-bond donors (Lipinski definition) is 1. The molecule has 0 radical (unpaired) electrons. The highest BCUT2D eigenvalue weighted by atomic mass is 32.2. The normalized spacial score (nSPS) is 21.9. The van der Waals surface area contributed by atoms with E-state index in [-0.39, 0.29) is 0 Å². The van der Waals surface area contributed by atoms with E-state index in [4.69, 9.17) is 0 Å². The van der Waals surface area contributed by atoms with E-state index in [0.717, 1.165) is 5.92 Å². The van der Waals surface area contributed by atoms with E-state index in [9.17, 15) is 0 Å². The molecule has 1 unspecified atom stereocenters. The van der Waals surface area contributed by atoms with Crippen molar-refractivity contribution in [3.63, 3.8) is 0 Å². The van der Waals surface area contributed by atoms with E-state index in [0.29, 0.717) is 0 Å². The van der Waals surface area contributed by atoms with Crippen LogP contribution in [0.5, 0.6) is 0 Å². The molecule has 0 aliphatic carbocycles. The summed E-state index contributed by atoms with van der Waals surface area (Å²) in [6, 6.07) is 0. The van der Waals surface area contributed by atoms with Gasteiger partial charge in [-0.15, -0.1) is 0 Å². The van der Waals surface area contributed by atoms with E-state index in [1.54, 1.807) is 0 Å². The van der Waals surface area contributed by atoms with E-state index in [1.165, 1.54) is 70.5 Å². The Morgan fingerprint density at radius 3 is 2.82 bits per heavy atom. The van der Waals surface area contributed by atoms with Crippen molar-refractivity contribution in [2.75, 3.05) is 45.2 Å². The lowest BCUT2D eigenvalue weighted by Gasteiger charge is -2.29. The third-order valence-electron chi connectivity index (χ3n) is 3.61. The molecule has 0 aromatic heterocycles. The number of likely N-dealkylation sites (tertiary alicyclic amines) is 1. The molecule has 0 aromatic rings. The van der Waals surface area contributed by atoms with Crippen LogP contribution in [0, 0.1) is 5.92 Å². The van der Waals surface area contributed by atoms with Crippen LogP contribution in [0.3, 0.4) is 0 Å². The first-order valence-electron chi connectivity index (χ1n) is 7.21. The number of thioether (sulfide) groups is 1. The van der Waals surface area contributed by atoms with E-state index in [1.807, 2.05) is 11.8 Å². The fourth-order valence-electron chi connectivity index (χ4n) is 2.60. The second-order valence-corrected chi connectivity index (χ2v) is 6.37. The third-order valence-corrected chi connectivity index (χ3v) is 4.30. The molecule has 1 heterocycles. The zero-order valence-corrected chi connectivity index (χ0v) is 12.5. The second kappa shape index (κ2) is 10.2.